The molecule has 0 aliphatic carbocycles. The molecule has 5 aromatic rings. The number of thioether (sulfide) groups is 1. The highest BCUT2D eigenvalue weighted by Gasteiger charge is 2.18. The number of H-pyrrole nitrogens is 1. The number of nitrogens with one attached hydrogen (secondary N) is 1. The van der Waals surface area contributed by atoms with Crippen molar-refractivity contribution in [2.24, 2.45) is 0 Å². The van der Waals surface area contributed by atoms with Crippen LogP contribution < -0.4 is 5.56 Å². The first kappa shape index (κ1) is 18.5. The topological polar surface area (TPSA) is 50.2 Å². The highest BCUT2D eigenvalue weighted by Crippen LogP contribution is 2.34. The van der Waals surface area contributed by atoms with E-state index in [1.807, 2.05) is 78.9 Å². The van der Waals surface area contributed by atoms with Crippen molar-refractivity contribution < 1.29 is 0 Å². The summed E-state index contributed by atoms with van der Waals surface area (Å²) in [6, 6.07) is 31.9. The van der Waals surface area contributed by atoms with E-state index in [4.69, 9.17) is 4.98 Å². The smallest absolute Gasteiger partial charge is 0.272 e. The molecule has 0 radical (unpaired) electrons. The van der Waals surface area contributed by atoms with Gasteiger partial charge in [0.2, 0.25) is 0 Å². The monoisotopic (exact) mass is 409 g/mol. The van der Waals surface area contributed by atoms with Gasteiger partial charge in [-0.05, 0) is 17.7 Å². The Balaban J connectivity index is 1.66. The molecule has 0 unspecified atom stereocenters. The summed E-state index contributed by atoms with van der Waals surface area (Å²) in [6.07, 6.45) is 0. The van der Waals surface area contributed by atoms with Crippen LogP contribution in [0.2, 0.25) is 0 Å². The maximum atomic E-state index is 12.9. The Hall–Kier alpha value is -3.57. The SMILES string of the molecule is O=c1cc(CSc2ccccc2)nc2c(-c3ccccc3)c(-c3ccccc3)[nH]n12. The molecule has 0 saturated heterocycles. The van der Waals surface area contributed by atoms with Gasteiger partial charge in [0, 0.05) is 22.3 Å². The number of hydrogen-bond donors (Lipinski definition) is 1. The standard InChI is InChI=1S/C25H19N3OS/c29-22-16-20(17-30-21-14-8-3-9-15-21)26-25-23(18-10-4-1-5-11-18)24(27-28(22)25)19-12-6-2-7-13-19/h1-16,27H,17H2. The molecule has 0 aliphatic rings. The van der Waals surface area contributed by atoms with E-state index in [1.165, 1.54) is 0 Å². The first-order valence-electron chi connectivity index (χ1n) is 9.73. The fourth-order valence-electron chi connectivity index (χ4n) is 3.52. The van der Waals surface area contributed by atoms with E-state index in [0.717, 1.165) is 33.0 Å². The molecule has 0 spiro atoms. The number of nitrogens with zero attached hydrogens (tertiary/aromatic N) is 2. The van der Waals surface area contributed by atoms with E-state index in [0.29, 0.717) is 11.4 Å². The summed E-state index contributed by atoms with van der Waals surface area (Å²) in [5.74, 6) is 0.635. The third kappa shape index (κ3) is 3.55. The van der Waals surface area contributed by atoms with Gasteiger partial charge >= 0.3 is 0 Å². The number of aromatic nitrogens is 3. The normalized spacial score (nSPS) is 11.1. The lowest BCUT2D eigenvalue weighted by Gasteiger charge is -2.05. The molecule has 3 aromatic carbocycles. The van der Waals surface area contributed by atoms with Gasteiger partial charge < -0.3 is 0 Å². The van der Waals surface area contributed by atoms with Crippen molar-refractivity contribution in [3.63, 3.8) is 0 Å². The summed E-state index contributed by atoms with van der Waals surface area (Å²) in [7, 11) is 0. The van der Waals surface area contributed by atoms with Crippen LogP contribution in [0, 0.1) is 0 Å². The Kier molecular flexibility index (Phi) is 4.95. The Labute approximate surface area is 178 Å². The van der Waals surface area contributed by atoms with Crippen LogP contribution in [-0.2, 0) is 5.75 Å². The van der Waals surface area contributed by atoms with Crippen molar-refractivity contribution in [3.8, 4) is 22.4 Å². The molecule has 30 heavy (non-hydrogen) atoms. The second-order valence-electron chi connectivity index (χ2n) is 6.94. The van der Waals surface area contributed by atoms with Gasteiger partial charge in [-0.1, -0.05) is 78.9 Å². The van der Waals surface area contributed by atoms with Crippen LogP contribution in [0.5, 0.6) is 0 Å². The lowest BCUT2D eigenvalue weighted by atomic mass is 10.0. The van der Waals surface area contributed by atoms with Gasteiger partial charge in [0.1, 0.15) is 0 Å². The van der Waals surface area contributed by atoms with Gasteiger partial charge in [0.05, 0.1) is 17.0 Å². The number of aromatic amines is 1. The fraction of sp³-hybridized carbons (Fsp3) is 0.0400. The molecule has 0 atom stereocenters. The second kappa shape index (κ2) is 8.05. The summed E-state index contributed by atoms with van der Waals surface area (Å²) < 4.78 is 1.54. The summed E-state index contributed by atoms with van der Waals surface area (Å²) in [5.41, 5.74) is 5.17. The number of rotatable bonds is 5. The summed E-state index contributed by atoms with van der Waals surface area (Å²) in [4.78, 5) is 19.0. The Morgan fingerprint density at radius 2 is 1.40 bits per heavy atom. The molecule has 2 heterocycles. The maximum Gasteiger partial charge on any atom is 0.272 e. The van der Waals surface area contributed by atoms with Crippen molar-refractivity contribution in [1.29, 1.82) is 0 Å². The third-order valence-corrected chi connectivity index (χ3v) is 5.97. The Morgan fingerprint density at radius 1 is 0.800 bits per heavy atom. The minimum atomic E-state index is -0.108. The average molecular weight is 410 g/mol. The van der Waals surface area contributed by atoms with Gasteiger partial charge in [-0.2, -0.15) is 0 Å². The predicted octanol–water partition coefficient (Wildman–Crippen LogP) is 5.65. The molecule has 1 N–H and O–H groups in total. The first-order chi connectivity index (χ1) is 14.8. The molecule has 0 saturated carbocycles. The van der Waals surface area contributed by atoms with E-state index in [9.17, 15) is 4.79 Å². The quantitative estimate of drug-likeness (QED) is 0.382. The highest BCUT2D eigenvalue weighted by atomic mass is 32.2. The maximum absolute atomic E-state index is 12.9. The van der Waals surface area contributed by atoms with Crippen molar-refractivity contribution in [2.75, 3.05) is 0 Å². The van der Waals surface area contributed by atoms with E-state index in [2.05, 4.69) is 17.2 Å². The van der Waals surface area contributed by atoms with Crippen molar-refractivity contribution in [3.05, 3.63) is 113 Å². The van der Waals surface area contributed by atoms with Gasteiger partial charge in [-0.3, -0.25) is 9.89 Å². The van der Waals surface area contributed by atoms with Gasteiger partial charge in [-0.15, -0.1) is 11.8 Å². The number of benzene rings is 3. The first-order valence-corrected chi connectivity index (χ1v) is 10.7. The van der Waals surface area contributed by atoms with Gasteiger partial charge in [-0.25, -0.2) is 9.50 Å². The van der Waals surface area contributed by atoms with Gasteiger partial charge in [0.15, 0.2) is 5.65 Å². The van der Waals surface area contributed by atoms with Crippen LogP contribution in [0.15, 0.2) is 107 Å². The number of hydrogen-bond acceptors (Lipinski definition) is 3. The summed E-state index contributed by atoms with van der Waals surface area (Å²) in [6.45, 7) is 0. The van der Waals surface area contributed by atoms with Crippen molar-refractivity contribution >= 4 is 17.4 Å². The van der Waals surface area contributed by atoms with Crippen LogP contribution in [0.3, 0.4) is 0 Å². The molecule has 5 rings (SSSR count). The molecule has 2 aromatic heterocycles. The highest BCUT2D eigenvalue weighted by molar-refractivity contribution is 7.98. The predicted molar refractivity (Wildman–Crippen MR) is 123 cm³/mol. The molecule has 4 nitrogen and oxygen atoms in total. The van der Waals surface area contributed by atoms with Crippen LogP contribution in [0.25, 0.3) is 28.0 Å². The summed E-state index contributed by atoms with van der Waals surface area (Å²) in [5, 5.41) is 3.28. The zero-order valence-corrected chi connectivity index (χ0v) is 17.0. The lowest BCUT2D eigenvalue weighted by Crippen LogP contribution is -2.15. The lowest BCUT2D eigenvalue weighted by molar-refractivity contribution is 0.891. The van der Waals surface area contributed by atoms with Crippen LogP contribution >= 0.6 is 11.8 Å². The van der Waals surface area contributed by atoms with E-state index >= 15 is 0 Å². The molecular weight excluding hydrogens is 390 g/mol. The van der Waals surface area contributed by atoms with Crippen molar-refractivity contribution in [1.82, 2.24) is 14.6 Å². The van der Waals surface area contributed by atoms with Crippen molar-refractivity contribution in [2.45, 2.75) is 10.6 Å². The Morgan fingerprint density at radius 3 is 2.07 bits per heavy atom. The molecule has 0 fully saturated rings. The van der Waals surface area contributed by atoms with E-state index < -0.39 is 0 Å². The molecule has 0 aliphatic heterocycles. The zero-order valence-electron chi connectivity index (χ0n) is 16.2. The van der Waals surface area contributed by atoms with Gasteiger partial charge in [0.25, 0.3) is 5.56 Å². The molecule has 146 valence electrons. The zero-order chi connectivity index (χ0) is 20.3. The third-order valence-electron chi connectivity index (χ3n) is 4.92. The molecule has 0 amide bonds. The van der Waals surface area contributed by atoms with Crippen LogP contribution in [0.4, 0.5) is 0 Å². The molecule has 0 bridgehead atoms. The molecule has 5 heteroatoms. The van der Waals surface area contributed by atoms with Crippen LogP contribution in [-0.4, -0.2) is 14.6 Å². The minimum absolute atomic E-state index is 0.108. The van der Waals surface area contributed by atoms with Crippen LogP contribution in [0.1, 0.15) is 5.69 Å². The average Bonchev–Trinajstić information content (AvgIpc) is 3.20. The largest absolute Gasteiger partial charge is 0.288 e. The van der Waals surface area contributed by atoms with E-state index in [1.54, 1.807) is 22.3 Å². The second-order valence-corrected chi connectivity index (χ2v) is 7.99. The minimum Gasteiger partial charge on any atom is -0.288 e. The fourth-order valence-corrected chi connectivity index (χ4v) is 4.34. The Bertz CT molecular complexity index is 1340. The summed E-state index contributed by atoms with van der Waals surface area (Å²) >= 11 is 1.67. The number of fused-ring (bicyclic) bond motifs is 1. The molecular formula is C25H19N3OS. The van der Waals surface area contributed by atoms with E-state index in [-0.39, 0.29) is 5.56 Å².